The van der Waals surface area contributed by atoms with Crippen LogP contribution in [0.3, 0.4) is 0 Å². The van der Waals surface area contributed by atoms with Gasteiger partial charge >= 0.3 is 0 Å². The summed E-state index contributed by atoms with van der Waals surface area (Å²) in [4.78, 5) is 13.5. The molecule has 15 heavy (non-hydrogen) atoms. The van der Waals surface area contributed by atoms with Crippen molar-refractivity contribution < 1.29 is 4.79 Å². The van der Waals surface area contributed by atoms with Gasteiger partial charge in [0.2, 0.25) is 5.91 Å². The molecule has 0 aromatic rings. The summed E-state index contributed by atoms with van der Waals surface area (Å²) in [7, 11) is 0. The molecule has 0 aromatic heterocycles. The van der Waals surface area contributed by atoms with Crippen molar-refractivity contribution in [1.82, 2.24) is 10.2 Å². The highest BCUT2D eigenvalue weighted by Gasteiger charge is 2.25. The summed E-state index contributed by atoms with van der Waals surface area (Å²) in [6.45, 7) is 9.42. The SMILES string of the molecule is CCNC(C)CCCN1CC(C)CC1=O. The molecule has 0 radical (unpaired) electrons. The fraction of sp³-hybridized carbons (Fsp3) is 0.917. The second-order valence-electron chi connectivity index (χ2n) is 4.75. The molecule has 1 aliphatic rings. The second kappa shape index (κ2) is 6.11. The van der Waals surface area contributed by atoms with Crippen LogP contribution in [-0.4, -0.2) is 36.5 Å². The molecule has 1 N–H and O–H groups in total. The molecule has 2 unspecified atom stereocenters. The van der Waals surface area contributed by atoms with Crippen LogP contribution in [0.5, 0.6) is 0 Å². The molecule has 0 aliphatic carbocycles. The van der Waals surface area contributed by atoms with Crippen LogP contribution in [-0.2, 0) is 4.79 Å². The molecular formula is C12H24N2O. The zero-order chi connectivity index (χ0) is 11.3. The Morgan fingerprint density at radius 3 is 2.87 bits per heavy atom. The van der Waals surface area contributed by atoms with E-state index in [-0.39, 0.29) is 0 Å². The first-order valence-electron chi connectivity index (χ1n) is 6.14. The van der Waals surface area contributed by atoms with E-state index in [0.717, 1.165) is 38.9 Å². The number of rotatable bonds is 6. The van der Waals surface area contributed by atoms with Gasteiger partial charge in [-0.15, -0.1) is 0 Å². The largest absolute Gasteiger partial charge is 0.342 e. The first-order chi connectivity index (χ1) is 7.13. The van der Waals surface area contributed by atoms with Crippen molar-refractivity contribution in [2.45, 2.75) is 46.1 Å². The predicted octanol–water partition coefficient (Wildman–Crippen LogP) is 1.63. The van der Waals surface area contributed by atoms with Crippen molar-refractivity contribution >= 4 is 5.91 Å². The number of carbonyl (C=O) groups is 1. The number of likely N-dealkylation sites (tertiary alicyclic amines) is 1. The number of nitrogens with one attached hydrogen (secondary N) is 1. The molecule has 3 heteroatoms. The van der Waals surface area contributed by atoms with Gasteiger partial charge in [-0.25, -0.2) is 0 Å². The van der Waals surface area contributed by atoms with E-state index in [1.165, 1.54) is 0 Å². The number of amides is 1. The Balaban J connectivity index is 2.12. The van der Waals surface area contributed by atoms with Crippen LogP contribution in [0, 0.1) is 5.92 Å². The third kappa shape index (κ3) is 4.20. The number of carbonyl (C=O) groups excluding carboxylic acids is 1. The lowest BCUT2D eigenvalue weighted by Gasteiger charge is -2.18. The fourth-order valence-electron chi connectivity index (χ4n) is 2.22. The zero-order valence-corrected chi connectivity index (χ0v) is 10.3. The standard InChI is InChI=1S/C12H24N2O/c1-4-13-11(3)6-5-7-14-9-10(2)8-12(14)15/h10-11,13H,4-9H2,1-3H3. The van der Waals surface area contributed by atoms with Gasteiger partial charge in [-0.05, 0) is 32.2 Å². The minimum atomic E-state index is 0.346. The molecule has 3 nitrogen and oxygen atoms in total. The molecular weight excluding hydrogens is 188 g/mol. The minimum absolute atomic E-state index is 0.346. The van der Waals surface area contributed by atoms with Crippen LogP contribution in [0.4, 0.5) is 0 Å². The van der Waals surface area contributed by atoms with Crippen molar-refractivity contribution in [3.05, 3.63) is 0 Å². The minimum Gasteiger partial charge on any atom is -0.342 e. The molecule has 1 rings (SSSR count). The van der Waals surface area contributed by atoms with Crippen LogP contribution in [0.1, 0.15) is 40.0 Å². The number of hydrogen-bond donors (Lipinski definition) is 1. The average molecular weight is 212 g/mol. The molecule has 1 fully saturated rings. The highest BCUT2D eigenvalue weighted by molar-refractivity contribution is 5.78. The molecule has 88 valence electrons. The van der Waals surface area contributed by atoms with E-state index in [9.17, 15) is 4.79 Å². The lowest BCUT2D eigenvalue weighted by atomic mass is 10.1. The normalized spacial score (nSPS) is 23.5. The third-order valence-electron chi connectivity index (χ3n) is 3.03. The Bertz CT molecular complexity index is 206. The fourth-order valence-corrected chi connectivity index (χ4v) is 2.22. The molecule has 0 bridgehead atoms. The molecule has 1 aliphatic heterocycles. The van der Waals surface area contributed by atoms with Crippen LogP contribution < -0.4 is 5.32 Å². The third-order valence-corrected chi connectivity index (χ3v) is 3.03. The van der Waals surface area contributed by atoms with Crippen LogP contribution in [0.25, 0.3) is 0 Å². The van der Waals surface area contributed by atoms with Crippen LogP contribution >= 0.6 is 0 Å². The molecule has 0 saturated carbocycles. The molecule has 1 heterocycles. The van der Waals surface area contributed by atoms with Gasteiger partial charge in [-0.1, -0.05) is 13.8 Å². The van der Waals surface area contributed by atoms with E-state index in [4.69, 9.17) is 0 Å². The van der Waals surface area contributed by atoms with Gasteiger partial charge in [-0.2, -0.15) is 0 Å². The number of nitrogens with zero attached hydrogens (tertiary/aromatic N) is 1. The van der Waals surface area contributed by atoms with Gasteiger partial charge in [0.05, 0.1) is 0 Å². The van der Waals surface area contributed by atoms with E-state index < -0.39 is 0 Å². The van der Waals surface area contributed by atoms with Crippen LogP contribution in [0.15, 0.2) is 0 Å². The van der Waals surface area contributed by atoms with Crippen LogP contribution in [0.2, 0.25) is 0 Å². The highest BCUT2D eigenvalue weighted by atomic mass is 16.2. The first kappa shape index (κ1) is 12.5. The summed E-state index contributed by atoms with van der Waals surface area (Å²) >= 11 is 0. The Labute approximate surface area is 93.2 Å². The predicted molar refractivity (Wildman–Crippen MR) is 62.7 cm³/mol. The summed E-state index contributed by atoms with van der Waals surface area (Å²) in [5, 5.41) is 3.39. The van der Waals surface area contributed by atoms with Crippen molar-refractivity contribution in [2.24, 2.45) is 5.92 Å². The quantitative estimate of drug-likeness (QED) is 0.726. The summed E-state index contributed by atoms with van der Waals surface area (Å²) in [5.74, 6) is 0.905. The topological polar surface area (TPSA) is 32.3 Å². The molecule has 0 spiro atoms. The maximum absolute atomic E-state index is 11.5. The van der Waals surface area contributed by atoms with E-state index in [1.807, 2.05) is 4.90 Å². The summed E-state index contributed by atoms with van der Waals surface area (Å²) in [6.07, 6.45) is 3.03. The van der Waals surface area contributed by atoms with E-state index >= 15 is 0 Å². The Morgan fingerprint density at radius 2 is 2.33 bits per heavy atom. The van der Waals surface area contributed by atoms with E-state index in [2.05, 4.69) is 26.1 Å². The average Bonchev–Trinajstić information content (AvgIpc) is 2.46. The monoisotopic (exact) mass is 212 g/mol. The molecule has 0 aromatic carbocycles. The lowest BCUT2D eigenvalue weighted by Crippen LogP contribution is -2.29. The van der Waals surface area contributed by atoms with Gasteiger partial charge in [0.25, 0.3) is 0 Å². The van der Waals surface area contributed by atoms with Crippen molar-refractivity contribution in [1.29, 1.82) is 0 Å². The van der Waals surface area contributed by atoms with E-state index in [1.54, 1.807) is 0 Å². The van der Waals surface area contributed by atoms with Gasteiger partial charge in [0.15, 0.2) is 0 Å². The molecule has 1 amide bonds. The highest BCUT2D eigenvalue weighted by Crippen LogP contribution is 2.17. The molecule has 2 atom stereocenters. The second-order valence-corrected chi connectivity index (χ2v) is 4.75. The Hall–Kier alpha value is -0.570. The zero-order valence-electron chi connectivity index (χ0n) is 10.3. The van der Waals surface area contributed by atoms with Gasteiger partial charge in [-0.3, -0.25) is 4.79 Å². The van der Waals surface area contributed by atoms with Gasteiger partial charge < -0.3 is 10.2 Å². The van der Waals surface area contributed by atoms with Gasteiger partial charge in [0.1, 0.15) is 0 Å². The van der Waals surface area contributed by atoms with Crippen molar-refractivity contribution in [3.63, 3.8) is 0 Å². The Kier molecular flexibility index (Phi) is 5.09. The van der Waals surface area contributed by atoms with E-state index in [0.29, 0.717) is 17.9 Å². The van der Waals surface area contributed by atoms with Crippen molar-refractivity contribution in [2.75, 3.05) is 19.6 Å². The first-order valence-corrected chi connectivity index (χ1v) is 6.14. The van der Waals surface area contributed by atoms with Gasteiger partial charge in [0, 0.05) is 25.6 Å². The summed E-state index contributed by atoms with van der Waals surface area (Å²) in [6, 6.07) is 0.574. The maximum Gasteiger partial charge on any atom is 0.222 e. The molecule has 1 saturated heterocycles. The maximum atomic E-state index is 11.5. The number of hydrogen-bond acceptors (Lipinski definition) is 2. The lowest BCUT2D eigenvalue weighted by molar-refractivity contribution is -0.127. The smallest absolute Gasteiger partial charge is 0.222 e. The summed E-state index contributed by atoms with van der Waals surface area (Å²) in [5.41, 5.74) is 0. The Morgan fingerprint density at radius 1 is 1.60 bits per heavy atom. The van der Waals surface area contributed by atoms with Crippen molar-refractivity contribution in [3.8, 4) is 0 Å². The summed E-state index contributed by atoms with van der Waals surface area (Å²) < 4.78 is 0.